The molecular weight excluding hydrogens is 92.1 g/mol. The molecule has 0 aromatic heterocycles. The van der Waals surface area contributed by atoms with Crippen LogP contribution in [-0.4, -0.2) is 12.3 Å². The van der Waals surface area contributed by atoms with Gasteiger partial charge in [0.15, 0.2) is 5.78 Å². The lowest BCUT2D eigenvalue weighted by Crippen LogP contribution is -1.98. The minimum atomic E-state index is 0.0231. The average molecular weight is 96.1 g/mol. The van der Waals surface area contributed by atoms with Crippen LogP contribution in [0.15, 0.2) is 22.5 Å². The zero-order valence-electron chi connectivity index (χ0n) is 3.66. The van der Waals surface area contributed by atoms with Crippen molar-refractivity contribution in [1.29, 1.82) is 0 Å². The van der Waals surface area contributed by atoms with Gasteiger partial charge in [-0.1, -0.05) is 0 Å². The lowest BCUT2D eigenvalue weighted by Gasteiger charge is -1.87. The highest BCUT2D eigenvalue weighted by molar-refractivity contribution is 5.91. The van der Waals surface area contributed by atoms with Gasteiger partial charge >= 0.3 is 0 Å². The van der Waals surface area contributed by atoms with E-state index in [9.17, 15) is 4.79 Å². The molecule has 0 amide bonds. The van der Waals surface area contributed by atoms with Crippen molar-refractivity contribution in [3.8, 4) is 0 Å². The van der Waals surface area contributed by atoms with Crippen molar-refractivity contribution in [3.63, 3.8) is 0 Å². The number of carbonyl (C=O) groups excluding carboxylic acids is 1. The maximum Gasteiger partial charge on any atom is 0.180 e. The summed E-state index contributed by atoms with van der Waals surface area (Å²) in [5, 5.41) is 6.90. The van der Waals surface area contributed by atoms with E-state index in [1.54, 1.807) is 0 Å². The van der Waals surface area contributed by atoms with Crippen molar-refractivity contribution < 1.29 is 4.79 Å². The molecule has 0 bridgehead atoms. The molecule has 0 unspecified atom stereocenters. The van der Waals surface area contributed by atoms with Crippen LogP contribution in [0.1, 0.15) is 0 Å². The smallest absolute Gasteiger partial charge is 0.180 e. The number of carbonyl (C=O) groups is 1. The third-order valence-corrected chi connectivity index (χ3v) is 0.635. The van der Waals surface area contributed by atoms with E-state index in [1.165, 1.54) is 12.3 Å². The highest BCUT2D eigenvalue weighted by Crippen LogP contribution is 1.88. The fourth-order valence-corrected chi connectivity index (χ4v) is 0.327. The minimum Gasteiger partial charge on any atom is -0.293 e. The summed E-state index contributed by atoms with van der Waals surface area (Å²) in [7, 11) is 0. The molecule has 0 saturated heterocycles. The van der Waals surface area contributed by atoms with Gasteiger partial charge in [0.2, 0.25) is 0 Å². The van der Waals surface area contributed by atoms with Crippen LogP contribution in [0.3, 0.4) is 0 Å². The van der Waals surface area contributed by atoms with Crippen LogP contribution in [0, 0.1) is 0 Å². The van der Waals surface area contributed by atoms with Crippen molar-refractivity contribution in [2.75, 3.05) is 6.54 Å². The fraction of sp³-hybridized carbons (Fsp3) is 0.250. The van der Waals surface area contributed by atoms with Crippen LogP contribution in [0.4, 0.5) is 0 Å². The molecular formula is C4H4N2O. The van der Waals surface area contributed by atoms with Crippen molar-refractivity contribution >= 4 is 5.78 Å². The zero-order valence-corrected chi connectivity index (χ0v) is 3.66. The third-order valence-electron chi connectivity index (χ3n) is 0.635. The summed E-state index contributed by atoms with van der Waals surface area (Å²) in [5.74, 6) is 0.0231. The molecule has 1 heterocycles. The fourth-order valence-electron chi connectivity index (χ4n) is 0.327. The summed E-state index contributed by atoms with van der Waals surface area (Å²) in [4.78, 5) is 10.2. The summed E-state index contributed by atoms with van der Waals surface area (Å²) in [5.41, 5.74) is 0. The molecule has 0 aromatic carbocycles. The molecule has 3 heteroatoms. The Kier molecular flexibility index (Phi) is 0.978. The standard InChI is InChI=1S/C4H4N2O/c7-4-1-2-5-6-3-4/h1-2H,3H2. The monoisotopic (exact) mass is 96.0 g/mol. The Morgan fingerprint density at radius 3 is 2.86 bits per heavy atom. The van der Waals surface area contributed by atoms with E-state index in [4.69, 9.17) is 0 Å². The Bertz CT molecular complexity index is 137. The second-order valence-corrected chi connectivity index (χ2v) is 1.20. The normalized spacial score (nSPS) is 18.0. The van der Waals surface area contributed by atoms with Gasteiger partial charge in [0, 0.05) is 6.08 Å². The summed E-state index contributed by atoms with van der Waals surface area (Å²) in [6.45, 7) is 0.219. The Morgan fingerprint density at radius 1 is 1.71 bits per heavy atom. The number of hydrogen-bond acceptors (Lipinski definition) is 3. The van der Waals surface area contributed by atoms with Gasteiger partial charge in [-0.05, 0) is 0 Å². The number of hydrogen-bond donors (Lipinski definition) is 0. The molecule has 1 aliphatic rings. The maximum absolute atomic E-state index is 10.2. The Hall–Kier alpha value is -0.990. The van der Waals surface area contributed by atoms with E-state index in [0.717, 1.165) is 0 Å². The molecule has 0 saturated carbocycles. The molecule has 0 atom stereocenters. The second kappa shape index (κ2) is 1.64. The maximum atomic E-state index is 10.2. The highest BCUT2D eigenvalue weighted by Gasteiger charge is 1.94. The van der Waals surface area contributed by atoms with Gasteiger partial charge in [-0.3, -0.25) is 4.79 Å². The predicted octanol–water partition coefficient (Wildman–Crippen LogP) is 0.535. The van der Waals surface area contributed by atoms with E-state index in [2.05, 4.69) is 10.2 Å². The average Bonchev–Trinajstić information content (AvgIpc) is 1.69. The molecule has 7 heavy (non-hydrogen) atoms. The van der Waals surface area contributed by atoms with E-state index >= 15 is 0 Å². The predicted molar refractivity (Wildman–Crippen MR) is 23.9 cm³/mol. The zero-order chi connectivity index (χ0) is 5.11. The molecule has 3 nitrogen and oxygen atoms in total. The van der Waals surface area contributed by atoms with E-state index in [0.29, 0.717) is 0 Å². The summed E-state index contributed by atoms with van der Waals surface area (Å²) < 4.78 is 0. The summed E-state index contributed by atoms with van der Waals surface area (Å²) >= 11 is 0. The Balaban J connectivity index is 2.66. The molecule has 1 rings (SSSR count). The lowest BCUT2D eigenvalue weighted by atomic mass is 10.4. The van der Waals surface area contributed by atoms with Crippen molar-refractivity contribution in [2.24, 2.45) is 10.2 Å². The summed E-state index contributed by atoms with van der Waals surface area (Å²) in [6, 6.07) is 0. The van der Waals surface area contributed by atoms with Gasteiger partial charge in [-0.2, -0.15) is 10.2 Å². The van der Waals surface area contributed by atoms with Crippen LogP contribution in [0.5, 0.6) is 0 Å². The second-order valence-electron chi connectivity index (χ2n) is 1.20. The largest absolute Gasteiger partial charge is 0.293 e. The van der Waals surface area contributed by atoms with Crippen LogP contribution >= 0.6 is 0 Å². The first-order chi connectivity index (χ1) is 3.39. The Morgan fingerprint density at radius 2 is 2.57 bits per heavy atom. The van der Waals surface area contributed by atoms with Crippen LogP contribution in [-0.2, 0) is 4.79 Å². The van der Waals surface area contributed by atoms with Crippen molar-refractivity contribution in [1.82, 2.24) is 0 Å². The quantitative estimate of drug-likeness (QED) is 0.433. The molecule has 0 aromatic rings. The Labute approximate surface area is 40.7 Å². The number of ketones is 1. The van der Waals surface area contributed by atoms with Gasteiger partial charge in [0.05, 0.1) is 6.20 Å². The van der Waals surface area contributed by atoms with Crippen molar-refractivity contribution in [2.45, 2.75) is 0 Å². The molecule has 1 aliphatic heterocycles. The van der Waals surface area contributed by atoms with Crippen LogP contribution in [0.25, 0.3) is 0 Å². The van der Waals surface area contributed by atoms with Crippen LogP contribution in [0.2, 0.25) is 0 Å². The first-order valence-corrected chi connectivity index (χ1v) is 1.95. The molecule has 0 N–H and O–H groups in total. The number of nitrogens with zero attached hydrogens (tertiary/aromatic N) is 2. The van der Waals surface area contributed by atoms with Gasteiger partial charge in [-0.15, -0.1) is 0 Å². The molecule has 0 aliphatic carbocycles. The van der Waals surface area contributed by atoms with E-state index < -0.39 is 0 Å². The third kappa shape index (κ3) is 0.924. The first kappa shape index (κ1) is 4.18. The highest BCUT2D eigenvalue weighted by atomic mass is 16.1. The van der Waals surface area contributed by atoms with Gasteiger partial charge in [0.25, 0.3) is 0 Å². The van der Waals surface area contributed by atoms with E-state index in [1.807, 2.05) is 0 Å². The molecule has 0 fully saturated rings. The minimum absolute atomic E-state index is 0.0231. The molecule has 0 radical (unpaired) electrons. The van der Waals surface area contributed by atoms with Gasteiger partial charge < -0.3 is 0 Å². The van der Waals surface area contributed by atoms with Gasteiger partial charge in [0.1, 0.15) is 6.54 Å². The first-order valence-electron chi connectivity index (χ1n) is 1.95. The summed E-state index contributed by atoms with van der Waals surface area (Å²) in [6.07, 6.45) is 2.80. The van der Waals surface area contributed by atoms with Crippen LogP contribution < -0.4 is 0 Å². The SMILES string of the molecule is O=C1C=CN=NC1. The topological polar surface area (TPSA) is 41.8 Å². The van der Waals surface area contributed by atoms with E-state index in [-0.39, 0.29) is 12.3 Å². The number of azo groups is 1. The molecule has 36 valence electrons. The molecule has 0 spiro atoms. The van der Waals surface area contributed by atoms with Crippen molar-refractivity contribution in [3.05, 3.63) is 12.3 Å². The lowest BCUT2D eigenvalue weighted by molar-refractivity contribution is -0.113. The van der Waals surface area contributed by atoms with Gasteiger partial charge in [-0.25, -0.2) is 0 Å². The number of rotatable bonds is 0.